The van der Waals surface area contributed by atoms with Gasteiger partial charge in [0.05, 0.1) is 16.0 Å². The predicted octanol–water partition coefficient (Wildman–Crippen LogP) is 6.57. The molecule has 0 aliphatic heterocycles. The number of hydrogen-bond acceptors (Lipinski definition) is 6. The Bertz CT molecular complexity index is 1370. The topological polar surface area (TPSA) is 93.8 Å². The van der Waals surface area contributed by atoms with Crippen molar-refractivity contribution in [3.8, 4) is 5.75 Å². The maximum absolute atomic E-state index is 12.5. The summed E-state index contributed by atoms with van der Waals surface area (Å²) in [6.07, 6.45) is 1.50. The number of hydrazone groups is 1. The second-order valence-corrected chi connectivity index (χ2v) is 9.32. The normalized spacial score (nSPS) is 11.1. The Morgan fingerprint density at radius 3 is 2.70 bits per heavy atom. The molecule has 33 heavy (non-hydrogen) atoms. The summed E-state index contributed by atoms with van der Waals surface area (Å²) >= 11 is 10.6. The van der Waals surface area contributed by atoms with E-state index >= 15 is 0 Å². The van der Waals surface area contributed by atoms with Gasteiger partial charge in [-0.25, -0.2) is 5.43 Å². The first-order valence-electron chi connectivity index (χ1n) is 9.57. The highest BCUT2D eigenvalue weighted by atomic mass is 79.9. The molecule has 0 saturated carbocycles. The first-order chi connectivity index (χ1) is 15.9. The van der Waals surface area contributed by atoms with E-state index in [-0.39, 0.29) is 5.69 Å². The number of nitrogens with one attached hydrogen (secondary N) is 1. The van der Waals surface area contributed by atoms with Crippen molar-refractivity contribution in [2.45, 2.75) is 6.61 Å². The average molecular weight is 545 g/mol. The lowest BCUT2D eigenvalue weighted by Gasteiger charge is -2.10. The number of hydrogen-bond donors (Lipinski definition) is 1. The number of benzene rings is 3. The number of nitrogens with zero attached hydrogens (tertiary/aromatic N) is 2. The van der Waals surface area contributed by atoms with Crippen LogP contribution in [0.1, 0.15) is 20.8 Å². The van der Waals surface area contributed by atoms with E-state index in [1.807, 2.05) is 30.3 Å². The SMILES string of the molecule is O=C(N/N=C\c1cc(Br)ccc1OCc1ccc(Cl)cc1)c1cc2cc([N+](=O)[O-])ccc2s1. The minimum atomic E-state index is -0.467. The van der Waals surface area contributed by atoms with Gasteiger partial charge in [0.25, 0.3) is 11.6 Å². The third-order valence-electron chi connectivity index (χ3n) is 4.58. The van der Waals surface area contributed by atoms with E-state index in [0.717, 1.165) is 14.7 Å². The van der Waals surface area contributed by atoms with Gasteiger partial charge in [-0.15, -0.1) is 11.3 Å². The predicted molar refractivity (Wildman–Crippen MR) is 133 cm³/mol. The van der Waals surface area contributed by atoms with Crippen molar-refractivity contribution >= 4 is 66.8 Å². The van der Waals surface area contributed by atoms with Crippen LogP contribution in [0.15, 0.2) is 76.3 Å². The van der Waals surface area contributed by atoms with Crippen LogP contribution < -0.4 is 10.2 Å². The van der Waals surface area contributed by atoms with Crippen LogP contribution in [0.25, 0.3) is 10.1 Å². The number of rotatable bonds is 7. The Balaban J connectivity index is 1.45. The van der Waals surface area contributed by atoms with E-state index in [2.05, 4.69) is 26.5 Å². The molecule has 0 bridgehead atoms. The molecule has 0 aliphatic rings. The monoisotopic (exact) mass is 543 g/mol. The molecule has 4 aromatic rings. The zero-order valence-corrected chi connectivity index (χ0v) is 20.0. The number of nitro groups is 1. The maximum Gasteiger partial charge on any atom is 0.281 e. The van der Waals surface area contributed by atoms with Crippen LogP contribution in [0.4, 0.5) is 5.69 Å². The highest BCUT2D eigenvalue weighted by Crippen LogP contribution is 2.29. The van der Waals surface area contributed by atoms with Crippen LogP contribution in [0.5, 0.6) is 5.75 Å². The van der Waals surface area contributed by atoms with E-state index in [4.69, 9.17) is 16.3 Å². The smallest absolute Gasteiger partial charge is 0.281 e. The van der Waals surface area contributed by atoms with Crippen molar-refractivity contribution in [3.63, 3.8) is 0 Å². The van der Waals surface area contributed by atoms with Gasteiger partial charge in [-0.2, -0.15) is 5.10 Å². The summed E-state index contributed by atoms with van der Waals surface area (Å²) in [5.41, 5.74) is 4.11. The summed E-state index contributed by atoms with van der Waals surface area (Å²) in [7, 11) is 0. The molecule has 0 spiro atoms. The van der Waals surface area contributed by atoms with Gasteiger partial charge in [-0.1, -0.05) is 39.7 Å². The van der Waals surface area contributed by atoms with Crippen molar-refractivity contribution in [3.05, 3.63) is 102 Å². The fourth-order valence-corrected chi connectivity index (χ4v) is 4.40. The number of non-ortho nitro benzene ring substituents is 1. The fourth-order valence-electron chi connectivity index (χ4n) is 2.97. The van der Waals surface area contributed by atoms with Crippen molar-refractivity contribution in [2.24, 2.45) is 5.10 Å². The lowest BCUT2D eigenvalue weighted by Crippen LogP contribution is -2.16. The van der Waals surface area contributed by atoms with Gasteiger partial charge in [0.1, 0.15) is 12.4 Å². The standard InChI is InChI=1S/C23H15BrClN3O4S/c24-17-3-7-20(32-13-14-1-4-18(25)5-2-14)16(9-17)12-26-27-23(29)22-11-15-10-19(28(30)31)6-8-21(15)33-22/h1-12H,13H2,(H,27,29)/b26-12-. The van der Waals surface area contributed by atoms with Crippen LogP contribution >= 0.6 is 38.9 Å². The van der Waals surface area contributed by atoms with Crippen LogP contribution in [0, 0.1) is 10.1 Å². The Hall–Kier alpha value is -3.27. The number of ether oxygens (including phenoxy) is 1. The summed E-state index contributed by atoms with van der Waals surface area (Å²) in [6, 6.07) is 18.9. The average Bonchev–Trinajstić information content (AvgIpc) is 3.23. The molecule has 10 heteroatoms. The number of amides is 1. The summed E-state index contributed by atoms with van der Waals surface area (Å²) < 4.78 is 7.52. The largest absolute Gasteiger partial charge is 0.488 e. The van der Waals surface area contributed by atoms with E-state index in [1.165, 1.54) is 29.7 Å². The number of nitro benzene ring substituents is 1. The first-order valence-corrected chi connectivity index (χ1v) is 11.6. The van der Waals surface area contributed by atoms with Gasteiger partial charge >= 0.3 is 0 Å². The van der Waals surface area contributed by atoms with Crippen molar-refractivity contribution in [1.82, 2.24) is 5.43 Å². The van der Waals surface area contributed by atoms with E-state index in [0.29, 0.717) is 33.2 Å². The summed E-state index contributed by atoms with van der Waals surface area (Å²) in [6.45, 7) is 0.347. The molecule has 0 radical (unpaired) electrons. The second-order valence-electron chi connectivity index (χ2n) is 6.89. The van der Waals surface area contributed by atoms with Crippen molar-refractivity contribution in [2.75, 3.05) is 0 Å². The molecule has 1 heterocycles. The Kier molecular flexibility index (Phi) is 7.02. The van der Waals surface area contributed by atoms with Gasteiger partial charge in [0, 0.05) is 37.3 Å². The maximum atomic E-state index is 12.5. The Morgan fingerprint density at radius 2 is 1.94 bits per heavy atom. The zero-order chi connectivity index (χ0) is 23.4. The molecule has 0 aliphatic carbocycles. The first kappa shape index (κ1) is 22.9. The molecular weight excluding hydrogens is 530 g/mol. The minimum Gasteiger partial charge on any atom is -0.488 e. The zero-order valence-electron chi connectivity index (χ0n) is 16.8. The highest BCUT2D eigenvalue weighted by Gasteiger charge is 2.13. The van der Waals surface area contributed by atoms with Crippen molar-refractivity contribution < 1.29 is 14.5 Å². The third-order valence-corrected chi connectivity index (χ3v) is 6.44. The quantitative estimate of drug-likeness (QED) is 0.162. The minimum absolute atomic E-state index is 0.0222. The van der Waals surface area contributed by atoms with E-state index in [1.54, 1.807) is 24.3 Å². The molecule has 1 N–H and O–H groups in total. The van der Waals surface area contributed by atoms with Gasteiger partial charge in [-0.05, 0) is 48.0 Å². The number of thiophene rings is 1. The molecule has 0 saturated heterocycles. The lowest BCUT2D eigenvalue weighted by molar-refractivity contribution is -0.384. The molecule has 0 atom stereocenters. The summed E-state index contributed by atoms with van der Waals surface area (Å²) in [5, 5.41) is 16.3. The van der Waals surface area contributed by atoms with Crippen molar-refractivity contribution in [1.29, 1.82) is 0 Å². The van der Waals surface area contributed by atoms with E-state index < -0.39 is 10.8 Å². The number of halogens is 2. The van der Waals surface area contributed by atoms with E-state index in [9.17, 15) is 14.9 Å². The molecule has 7 nitrogen and oxygen atoms in total. The molecule has 1 aromatic heterocycles. The van der Waals surface area contributed by atoms with Gasteiger partial charge < -0.3 is 4.74 Å². The summed E-state index contributed by atoms with van der Waals surface area (Å²) in [4.78, 5) is 23.4. The molecule has 3 aromatic carbocycles. The molecule has 0 unspecified atom stereocenters. The second kappa shape index (κ2) is 10.1. The third kappa shape index (κ3) is 5.75. The lowest BCUT2D eigenvalue weighted by atomic mass is 10.2. The summed E-state index contributed by atoms with van der Waals surface area (Å²) in [5.74, 6) is 0.189. The van der Waals surface area contributed by atoms with Gasteiger partial charge in [-0.3, -0.25) is 14.9 Å². The number of carbonyl (C=O) groups excluding carboxylic acids is 1. The highest BCUT2D eigenvalue weighted by molar-refractivity contribution is 9.10. The number of fused-ring (bicyclic) bond motifs is 1. The fraction of sp³-hybridized carbons (Fsp3) is 0.0435. The molecule has 166 valence electrons. The Morgan fingerprint density at radius 1 is 1.15 bits per heavy atom. The van der Waals surface area contributed by atoms with Crippen LogP contribution in [-0.4, -0.2) is 17.0 Å². The van der Waals surface area contributed by atoms with Gasteiger partial charge in [0.2, 0.25) is 0 Å². The molecule has 1 amide bonds. The number of carbonyl (C=O) groups is 1. The molecule has 0 fully saturated rings. The van der Waals surface area contributed by atoms with Gasteiger partial charge in [0.15, 0.2) is 0 Å². The molecule has 4 rings (SSSR count). The van der Waals surface area contributed by atoms with Crippen LogP contribution in [0.3, 0.4) is 0 Å². The molecular formula is C23H15BrClN3O4S. The van der Waals surface area contributed by atoms with Crippen LogP contribution in [-0.2, 0) is 6.61 Å². The van der Waals surface area contributed by atoms with Crippen LogP contribution in [0.2, 0.25) is 5.02 Å². The Labute approximate surface area is 205 Å².